The van der Waals surface area contributed by atoms with E-state index in [9.17, 15) is 9.50 Å². The third-order valence-corrected chi connectivity index (χ3v) is 2.19. The number of hydrogen-bond donors (Lipinski definition) is 1. The molecule has 0 radical (unpaired) electrons. The van der Waals surface area contributed by atoms with Gasteiger partial charge in [0.05, 0.1) is 16.6 Å². The van der Waals surface area contributed by atoms with E-state index < -0.39 is 5.82 Å². The lowest BCUT2D eigenvalue weighted by molar-refractivity contribution is 0.350. The Morgan fingerprint density at radius 3 is 2.75 bits per heavy atom. The normalized spacial score (nSPS) is 10.0. The van der Waals surface area contributed by atoms with E-state index >= 15 is 0 Å². The Morgan fingerprint density at radius 1 is 1.67 bits per heavy atom. The second-order valence-corrected chi connectivity index (χ2v) is 3.30. The summed E-state index contributed by atoms with van der Waals surface area (Å²) in [6.45, 7) is 0. The molecule has 5 heteroatoms. The van der Waals surface area contributed by atoms with E-state index in [2.05, 4.69) is 20.7 Å². The van der Waals surface area contributed by atoms with Gasteiger partial charge in [0, 0.05) is 0 Å². The van der Waals surface area contributed by atoms with Crippen molar-refractivity contribution in [1.29, 1.82) is 0 Å². The van der Waals surface area contributed by atoms with E-state index in [1.165, 1.54) is 13.2 Å². The predicted octanol–water partition coefficient (Wildman–Crippen LogP) is 2.96. The molecule has 0 saturated heterocycles. The largest absolute Gasteiger partial charge is 0.503 e. The standard InChI is InChI=1S/C7H5BrClFO2/c1-12-7-5(10)4(9)2-3(8)6(7)11/h2,11H,1H3. The molecular weight excluding hydrogens is 250 g/mol. The SMILES string of the molecule is COc1c(O)c(Br)cc(Cl)c1F. The highest BCUT2D eigenvalue weighted by Gasteiger charge is 2.15. The Kier molecular flexibility index (Phi) is 2.80. The van der Waals surface area contributed by atoms with Crippen molar-refractivity contribution >= 4 is 27.5 Å². The Bertz CT molecular complexity index is 291. The summed E-state index contributed by atoms with van der Waals surface area (Å²) in [5.41, 5.74) is 0. The van der Waals surface area contributed by atoms with Crippen LogP contribution in [-0.2, 0) is 0 Å². The highest BCUT2D eigenvalue weighted by Crippen LogP contribution is 2.39. The molecule has 0 heterocycles. The maximum Gasteiger partial charge on any atom is 0.199 e. The van der Waals surface area contributed by atoms with Crippen LogP contribution in [-0.4, -0.2) is 12.2 Å². The molecule has 66 valence electrons. The van der Waals surface area contributed by atoms with Crippen LogP contribution in [0, 0.1) is 5.82 Å². The van der Waals surface area contributed by atoms with Crippen molar-refractivity contribution in [2.45, 2.75) is 0 Å². The summed E-state index contributed by atoms with van der Waals surface area (Å²) in [7, 11) is 1.25. The lowest BCUT2D eigenvalue weighted by Crippen LogP contribution is -1.90. The number of rotatable bonds is 1. The predicted molar refractivity (Wildman–Crippen MR) is 47.3 cm³/mol. The first-order valence-corrected chi connectivity index (χ1v) is 4.15. The van der Waals surface area contributed by atoms with Crippen molar-refractivity contribution in [2.75, 3.05) is 7.11 Å². The van der Waals surface area contributed by atoms with Gasteiger partial charge in [-0.15, -0.1) is 0 Å². The molecule has 1 aromatic carbocycles. The van der Waals surface area contributed by atoms with E-state index in [0.29, 0.717) is 4.47 Å². The minimum atomic E-state index is -0.764. The number of benzene rings is 1. The van der Waals surface area contributed by atoms with Crippen LogP contribution in [0.4, 0.5) is 4.39 Å². The molecule has 0 bridgehead atoms. The summed E-state index contributed by atoms with van der Waals surface area (Å²) < 4.78 is 17.9. The first-order chi connectivity index (χ1) is 5.57. The summed E-state index contributed by atoms with van der Waals surface area (Å²) in [5, 5.41) is 9.13. The highest BCUT2D eigenvalue weighted by atomic mass is 79.9. The number of ether oxygens (including phenoxy) is 1. The molecular formula is C7H5BrClFO2. The van der Waals surface area contributed by atoms with Crippen LogP contribution in [0.3, 0.4) is 0 Å². The molecule has 0 aliphatic heterocycles. The molecule has 0 aromatic heterocycles. The minimum absolute atomic E-state index is 0.100. The third-order valence-electron chi connectivity index (χ3n) is 1.31. The fourth-order valence-electron chi connectivity index (χ4n) is 0.750. The number of hydrogen-bond acceptors (Lipinski definition) is 2. The molecule has 2 nitrogen and oxygen atoms in total. The smallest absolute Gasteiger partial charge is 0.199 e. The number of aromatic hydroxyl groups is 1. The zero-order valence-corrected chi connectivity index (χ0v) is 8.41. The molecule has 1 N–H and O–H groups in total. The van der Waals surface area contributed by atoms with Crippen molar-refractivity contribution in [1.82, 2.24) is 0 Å². The maximum absolute atomic E-state index is 13.0. The Balaban J connectivity index is 3.42. The fourth-order valence-corrected chi connectivity index (χ4v) is 1.49. The third kappa shape index (κ3) is 1.49. The molecule has 0 unspecified atom stereocenters. The van der Waals surface area contributed by atoms with Crippen LogP contribution in [0.2, 0.25) is 5.02 Å². The average molecular weight is 255 g/mol. The molecule has 12 heavy (non-hydrogen) atoms. The van der Waals surface area contributed by atoms with E-state index in [4.69, 9.17) is 11.6 Å². The zero-order valence-electron chi connectivity index (χ0n) is 6.07. The van der Waals surface area contributed by atoms with Gasteiger partial charge in [-0.3, -0.25) is 0 Å². The second-order valence-electron chi connectivity index (χ2n) is 2.04. The van der Waals surface area contributed by atoms with Crippen LogP contribution in [0.15, 0.2) is 10.5 Å². The number of phenolic OH excluding ortho intramolecular Hbond substituents is 1. The van der Waals surface area contributed by atoms with Gasteiger partial charge in [0.25, 0.3) is 0 Å². The van der Waals surface area contributed by atoms with Gasteiger partial charge >= 0.3 is 0 Å². The number of phenols is 1. The lowest BCUT2D eigenvalue weighted by atomic mass is 10.3. The Labute approximate surface area is 82.0 Å². The van der Waals surface area contributed by atoms with Crippen LogP contribution in [0.25, 0.3) is 0 Å². The summed E-state index contributed by atoms with van der Waals surface area (Å²) in [4.78, 5) is 0. The molecule has 0 aliphatic rings. The van der Waals surface area contributed by atoms with E-state index in [-0.39, 0.29) is 16.5 Å². The molecule has 0 aliphatic carbocycles. The first kappa shape index (κ1) is 9.61. The minimum Gasteiger partial charge on any atom is -0.503 e. The van der Waals surface area contributed by atoms with Gasteiger partial charge in [-0.25, -0.2) is 4.39 Å². The van der Waals surface area contributed by atoms with Gasteiger partial charge < -0.3 is 9.84 Å². The zero-order chi connectivity index (χ0) is 9.30. The second kappa shape index (κ2) is 3.49. The topological polar surface area (TPSA) is 29.5 Å². The van der Waals surface area contributed by atoms with Crippen molar-refractivity contribution in [3.8, 4) is 11.5 Å². The monoisotopic (exact) mass is 254 g/mol. The molecule has 0 amide bonds. The summed E-state index contributed by atoms with van der Waals surface area (Å²) in [5.74, 6) is -1.31. The highest BCUT2D eigenvalue weighted by molar-refractivity contribution is 9.10. The van der Waals surface area contributed by atoms with Crippen LogP contribution >= 0.6 is 27.5 Å². The van der Waals surface area contributed by atoms with Gasteiger partial charge in [-0.2, -0.15) is 0 Å². The quantitative estimate of drug-likeness (QED) is 0.782. The summed E-state index contributed by atoms with van der Waals surface area (Å²) in [6.07, 6.45) is 0. The molecule has 0 atom stereocenters. The molecule has 1 aromatic rings. The first-order valence-electron chi connectivity index (χ1n) is 2.98. The van der Waals surface area contributed by atoms with E-state index in [1.807, 2.05) is 0 Å². The van der Waals surface area contributed by atoms with Crippen LogP contribution in [0.5, 0.6) is 11.5 Å². The van der Waals surface area contributed by atoms with Gasteiger partial charge in [-0.05, 0) is 22.0 Å². The van der Waals surface area contributed by atoms with Crippen molar-refractivity contribution in [3.05, 3.63) is 21.4 Å². The molecule has 1 rings (SSSR count). The maximum atomic E-state index is 13.0. The molecule has 0 fully saturated rings. The number of halogens is 3. The summed E-state index contributed by atoms with van der Waals surface area (Å²) >= 11 is 8.46. The summed E-state index contributed by atoms with van der Waals surface area (Å²) in [6, 6.07) is 1.26. The Morgan fingerprint density at radius 2 is 2.25 bits per heavy atom. The lowest BCUT2D eigenvalue weighted by Gasteiger charge is -2.06. The molecule has 0 saturated carbocycles. The van der Waals surface area contributed by atoms with Gasteiger partial charge in [0.2, 0.25) is 0 Å². The van der Waals surface area contributed by atoms with Gasteiger partial charge in [0.1, 0.15) is 0 Å². The Hall–Kier alpha value is -0.480. The van der Waals surface area contributed by atoms with E-state index in [0.717, 1.165) is 0 Å². The van der Waals surface area contributed by atoms with Crippen LogP contribution < -0.4 is 4.74 Å². The van der Waals surface area contributed by atoms with Crippen molar-refractivity contribution in [3.63, 3.8) is 0 Å². The molecule has 0 spiro atoms. The fraction of sp³-hybridized carbons (Fsp3) is 0.143. The van der Waals surface area contributed by atoms with Gasteiger partial charge in [-0.1, -0.05) is 11.6 Å². The van der Waals surface area contributed by atoms with E-state index in [1.54, 1.807) is 0 Å². The van der Waals surface area contributed by atoms with Crippen LogP contribution in [0.1, 0.15) is 0 Å². The van der Waals surface area contributed by atoms with Crippen molar-refractivity contribution < 1.29 is 14.2 Å². The average Bonchev–Trinajstić information content (AvgIpc) is 2.02. The van der Waals surface area contributed by atoms with Crippen molar-refractivity contribution in [2.24, 2.45) is 0 Å². The van der Waals surface area contributed by atoms with Gasteiger partial charge in [0.15, 0.2) is 17.3 Å². The number of methoxy groups -OCH3 is 1.